The van der Waals surface area contributed by atoms with E-state index in [0.717, 1.165) is 32.1 Å². The van der Waals surface area contributed by atoms with Crippen LogP contribution in [0.15, 0.2) is 36.7 Å². The van der Waals surface area contributed by atoms with Crippen molar-refractivity contribution >= 4 is 11.5 Å². The van der Waals surface area contributed by atoms with Gasteiger partial charge in [0.25, 0.3) is 0 Å². The fraction of sp³-hybridized carbons (Fsp3) is 0.412. The number of nitrogens with zero attached hydrogens (tertiary/aromatic N) is 3. The van der Waals surface area contributed by atoms with E-state index in [9.17, 15) is 0 Å². The van der Waals surface area contributed by atoms with Crippen LogP contribution in [0.5, 0.6) is 5.88 Å². The Balaban J connectivity index is 1.66. The summed E-state index contributed by atoms with van der Waals surface area (Å²) < 4.78 is 10.5. The molecule has 2 aromatic rings. The minimum absolute atomic E-state index is 0.147. The van der Waals surface area contributed by atoms with Gasteiger partial charge in [-0.05, 0) is 24.6 Å². The molecule has 0 saturated carbocycles. The third-order valence-corrected chi connectivity index (χ3v) is 3.98. The van der Waals surface area contributed by atoms with Gasteiger partial charge in [-0.25, -0.2) is 9.97 Å². The summed E-state index contributed by atoms with van der Waals surface area (Å²) in [4.78, 5) is 10.6. The van der Waals surface area contributed by atoms with Crippen LogP contribution < -0.4 is 15.0 Å². The third-order valence-electron chi connectivity index (χ3n) is 3.98. The topological polar surface area (TPSA) is 59.5 Å². The first-order chi connectivity index (χ1) is 11.3. The zero-order valence-electron chi connectivity index (χ0n) is 13.5. The van der Waals surface area contributed by atoms with Crippen molar-refractivity contribution < 1.29 is 9.47 Å². The molecule has 0 unspecified atom stereocenters. The molecular formula is C17H22N4O2. The molecule has 3 rings (SSSR count). The van der Waals surface area contributed by atoms with Crippen molar-refractivity contribution in [3.8, 4) is 5.88 Å². The largest absolute Gasteiger partial charge is 0.481 e. The number of methoxy groups -OCH3 is 1. The molecule has 122 valence electrons. The molecule has 1 N–H and O–H groups in total. The molecule has 1 atom stereocenters. The van der Waals surface area contributed by atoms with Crippen LogP contribution in [0.3, 0.4) is 0 Å². The average molecular weight is 314 g/mol. The van der Waals surface area contributed by atoms with Gasteiger partial charge in [0.15, 0.2) is 0 Å². The Morgan fingerprint density at radius 1 is 1.17 bits per heavy atom. The minimum Gasteiger partial charge on any atom is -0.481 e. The van der Waals surface area contributed by atoms with Crippen molar-refractivity contribution in [2.45, 2.75) is 13.0 Å². The number of nitrogens with one attached hydrogen (secondary N) is 1. The summed E-state index contributed by atoms with van der Waals surface area (Å²) in [5.41, 5.74) is 2.45. The third kappa shape index (κ3) is 3.90. The van der Waals surface area contributed by atoms with Gasteiger partial charge in [-0.2, -0.15) is 0 Å². The van der Waals surface area contributed by atoms with E-state index in [1.165, 1.54) is 17.6 Å². The molecule has 6 nitrogen and oxygen atoms in total. The maximum atomic E-state index is 5.39. The molecule has 0 bridgehead atoms. The van der Waals surface area contributed by atoms with Gasteiger partial charge in [0.05, 0.1) is 20.3 Å². The molecule has 1 saturated heterocycles. The van der Waals surface area contributed by atoms with Crippen molar-refractivity contribution in [3.05, 3.63) is 42.2 Å². The molecule has 0 amide bonds. The molecule has 1 fully saturated rings. The highest BCUT2D eigenvalue weighted by Gasteiger charge is 2.12. The van der Waals surface area contributed by atoms with E-state index >= 15 is 0 Å². The summed E-state index contributed by atoms with van der Waals surface area (Å²) in [5, 5.41) is 3.37. The Morgan fingerprint density at radius 3 is 2.61 bits per heavy atom. The maximum Gasteiger partial charge on any atom is 0.218 e. The number of anilines is 2. The van der Waals surface area contributed by atoms with Gasteiger partial charge in [0, 0.05) is 30.9 Å². The van der Waals surface area contributed by atoms with E-state index in [2.05, 4.69) is 51.4 Å². The molecule has 1 aliphatic heterocycles. The predicted octanol–water partition coefficient (Wildman–Crippen LogP) is 2.49. The summed E-state index contributed by atoms with van der Waals surface area (Å²) in [5.74, 6) is 1.30. The standard InChI is InChI=1S/C17H22N4O2/c1-13(20-16-11-17(22-2)19-12-18-16)14-3-5-15(6-4-14)21-7-9-23-10-8-21/h3-6,11-13H,7-10H2,1-2H3,(H,18,19,20)/t13-/m1/s1. The first-order valence-electron chi connectivity index (χ1n) is 7.81. The summed E-state index contributed by atoms with van der Waals surface area (Å²) in [6, 6.07) is 10.6. The lowest BCUT2D eigenvalue weighted by molar-refractivity contribution is 0.122. The molecule has 0 radical (unpaired) electrons. The molecule has 1 aliphatic rings. The fourth-order valence-corrected chi connectivity index (χ4v) is 2.63. The Kier molecular flexibility index (Phi) is 4.92. The smallest absolute Gasteiger partial charge is 0.218 e. The number of ether oxygens (including phenoxy) is 2. The van der Waals surface area contributed by atoms with Crippen LogP contribution in [0.25, 0.3) is 0 Å². The van der Waals surface area contributed by atoms with Crippen molar-refractivity contribution in [1.82, 2.24) is 9.97 Å². The van der Waals surface area contributed by atoms with E-state index in [1.807, 2.05) is 0 Å². The second kappa shape index (κ2) is 7.28. The molecule has 23 heavy (non-hydrogen) atoms. The SMILES string of the molecule is COc1cc(N[C@H](C)c2ccc(N3CCOCC3)cc2)ncn1. The normalized spacial score (nSPS) is 16.0. The quantitative estimate of drug-likeness (QED) is 0.915. The summed E-state index contributed by atoms with van der Waals surface area (Å²) in [6.45, 7) is 5.62. The Labute approximate surface area is 136 Å². The van der Waals surface area contributed by atoms with Gasteiger partial charge in [-0.15, -0.1) is 0 Å². The monoisotopic (exact) mass is 314 g/mol. The van der Waals surface area contributed by atoms with Crippen LogP contribution in [0.2, 0.25) is 0 Å². The highest BCUT2D eigenvalue weighted by atomic mass is 16.5. The van der Waals surface area contributed by atoms with Gasteiger partial charge in [-0.1, -0.05) is 12.1 Å². The highest BCUT2D eigenvalue weighted by Crippen LogP contribution is 2.23. The van der Waals surface area contributed by atoms with Crippen molar-refractivity contribution in [2.75, 3.05) is 43.6 Å². The summed E-state index contributed by atoms with van der Waals surface area (Å²) in [7, 11) is 1.60. The van der Waals surface area contributed by atoms with Crippen LogP contribution in [0.4, 0.5) is 11.5 Å². The molecule has 0 aliphatic carbocycles. The second-order valence-electron chi connectivity index (χ2n) is 5.50. The number of aromatic nitrogens is 2. The number of rotatable bonds is 5. The molecule has 2 heterocycles. The van der Waals surface area contributed by atoms with Crippen LogP contribution in [-0.2, 0) is 4.74 Å². The lowest BCUT2D eigenvalue weighted by Gasteiger charge is -2.29. The number of hydrogen-bond acceptors (Lipinski definition) is 6. The zero-order valence-corrected chi connectivity index (χ0v) is 13.5. The van der Waals surface area contributed by atoms with Gasteiger partial charge in [0.2, 0.25) is 5.88 Å². The average Bonchev–Trinajstić information content (AvgIpc) is 2.63. The van der Waals surface area contributed by atoms with E-state index < -0.39 is 0 Å². The highest BCUT2D eigenvalue weighted by molar-refractivity contribution is 5.49. The van der Waals surface area contributed by atoms with Crippen molar-refractivity contribution in [3.63, 3.8) is 0 Å². The summed E-state index contributed by atoms with van der Waals surface area (Å²) in [6.07, 6.45) is 1.50. The van der Waals surface area contributed by atoms with Crippen LogP contribution in [0, 0.1) is 0 Å². The predicted molar refractivity (Wildman–Crippen MR) is 90.1 cm³/mol. The lowest BCUT2D eigenvalue weighted by Crippen LogP contribution is -2.36. The fourth-order valence-electron chi connectivity index (χ4n) is 2.63. The number of benzene rings is 1. The second-order valence-corrected chi connectivity index (χ2v) is 5.50. The van der Waals surface area contributed by atoms with Gasteiger partial charge in [0.1, 0.15) is 12.1 Å². The van der Waals surface area contributed by atoms with Crippen LogP contribution >= 0.6 is 0 Å². The van der Waals surface area contributed by atoms with Gasteiger partial charge >= 0.3 is 0 Å². The molecule has 0 spiro atoms. The van der Waals surface area contributed by atoms with Gasteiger partial charge in [-0.3, -0.25) is 0 Å². The Morgan fingerprint density at radius 2 is 1.91 bits per heavy atom. The first-order valence-corrected chi connectivity index (χ1v) is 7.81. The number of hydrogen-bond donors (Lipinski definition) is 1. The van der Waals surface area contributed by atoms with E-state index in [1.54, 1.807) is 13.2 Å². The Hall–Kier alpha value is -2.34. The summed E-state index contributed by atoms with van der Waals surface area (Å²) >= 11 is 0. The van der Waals surface area contributed by atoms with Crippen LogP contribution in [-0.4, -0.2) is 43.4 Å². The van der Waals surface area contributed by atoms with E-state index in [-0.39, 0.29) is 6.04 Å². The van der Waals surface area contributed by atoms with Crippen molar-refractivity contribution in [1.29, 1.82) is 0 Å². The lowest BCUT2D eigenvalue weighted by atomic mass is 10.1. The van der Waals surface area contributed by atoms with E-state index in [4.69, 9.17) is 9.47 Å². The maximum absolute atomic E-state index is 5.39. The molecule has 1 aromatic heterocycles. The number of morpholine rings is 1. The Bertz CT molecular complexity index is 627. The minimum atomic E-state index is 0.147. The van der Waals surface area contributed by atoms with E-state index in [0.29, 0.717) is 5.88 Å². The molecule has 1 aromatic carbocycles. The van der Waals surface area contributed by atoms with Crippen LogP contribution in [0.1, 0.15) is 18.5 Å². The first kappa shape index (κ1) is 15.6. The zero-order chi connectivity index (χ0) is 16.1. The molecular weight excluding hydrogens is 292 g/mol. The van der Waals surface area contributed by atoms with Gasteiger partial charge < -0.3 is 19.7 Å². The van der Waals surface area contributed by atoms with Crippen molar-refractivity contribution in [2.24, 2.45) is 0 Å². The molecule has 6 heteroatoms.